The van der Waals surface area contributed by atoms with Crippen LogP contribution in [-0.2, 0) is 13.2 Å². The second kappa shape index (κ2) is 6.37. The lowest BCUT2D eigenvalue weighted by molar-refractivity contribution is 0.299. The number of pyridine rings is 1. The number of ether oxygens (including phenoxy) is 1. The fraction of sp³-hybridized carbons (Fsp3) is 0.312. The van der Waals surface area contributed by atoms with Crippen molar-refractivity contribution in [1.29, 1.82) is 0 Å². The van der Waals surface area contributed by atoms with Crippen molar-refractivity contribution in [3.8, 4) is 5.75 Å². The van der Waals surface area contributed by atoms with E-state index in [4.69, 9.17) is 4.74 Å². The first-order valence-corrected chi connectivity index (χ1v) is 7.65. The summed E-state index contributed by atoms with van der Waals surface area (Å²) in [5, 5.41) is 3.51. The highest BCUT2D eigenvalue weighted by Gasteiger charge is 2.19. The summed E-state index contributed by atoms with van der Waals surface area (Å²) >= 11 is 3.57. The van der Waals surface area contributed by atoms with Gasteiger partial charge in [-0.15, -0.1) is 0 Å². The summed E-state index contributed by atoms with van der Waals surface area (Å²) in [5.41, 5.74) is 2.20. The first-order valence-electron chi connectivity index (χ1n) is 6.86. The molecule has 1 saturated carbocycles. The van der Waals surface area contributed by atoms with Gasteiger partial charge in [-0.3, -0.25) is 4.98 Å². The van der Waals surface area contributed by atoms with Gasteiger partial charge in [-0.2, -0.15) is 0 Å². The van der Waals surface area contributed by atoms with Gasteiger partial charge in [0.2, 0.25) is 0 Å². The van der Waals surface area contributed by atoms with Gasteiger partial charge < -0.3 is 10.1 Å². The van der Waals surface area contributed by atoms with Crippen LogP contribution in [0, 0.1) is 0 Å². The summed E-state index contributed by atoms with van der Waals surface area (Å²) in [6.07, 6.45) is 4.40. The highest BCUT2D eigenvalue weighted by molar-refractivity contribution is 9.10. The Balaban J connectivity index is 1.58. The molecule has 0 atom stereocenters. The molecule has 1 aliphatic rings. The zero-order valence-corrected chi connectivity index (χ0v) is 12.8. The second-order valence-corrected chi connectivity index (χ2v) is 5.88. The Labute approximate surface area is 127 Å². The number of nitrogens with zero attached hydrogens (tertiary/aromatic N) is 1. The number of benzene rings is 1. The van der Waals surface area contributed by atoms with Crippen molar-refractivity contribution < 1.29 is 4.74 Å². The number of halogens is 1. The van der Waals surface area contributed by atoms with Gasteiger partial charge in [0, 0.05) is 18.8 Å². The fourth-order valence-electron chi connectivity index (χ4n) is 1.96. The molecular formula is C16H17BrN2O. The van der Waals surface area contributed by atoms with Crippen molar-refractivity contribution in [3.05, 3.63) is 58.3 Å². The number of nitrogens with one attached hydrogen (secondary N) is 1. The molecule has 0 aliphatic heterocycles. The Kier molecular flexibility index (Phi) is 4.33. The van der Waals surface area contributed by atoms with E-state index in [1.54, 1.807) is 6.20 Å². The SMILES string of the molecule is Brc1cc(CNC2CC2)ccc1OCc1ccccn1. The average molecular weight is 333 g/mol. The van der Waals surface area contributed by atoms with Gasteiger partial charge in [-0.1, -0.05) is 12.1 Å². The summed E-state index contributed by atoms with van der Waals surface area (Å²) < 4.78 is 6.78. The lowest BCUT2D eigenvalue weighted by Crippen LogP contribution is -2.15. The molecule has 2 aromatic rings. The lowest BCUT2D eigenvalue weighted by Gasteiger charge is -2.10. The van der Waals surface area contributed by atoms with Gasteiger partial charge in [0.25, 0.3) is 0 Å². The van der Waals surface area contributed by atoms with E-state index in [0.717, 1.165) is 28.5 Å². The molecule has 0 unspecified atom stereocenters. The third kappa shape index (κ3) is 3.81. The molecule has 0 radical (unpaired) electrons. The van der Waals surface area contributed by atoms with Crippen LogP contribution in [0.25, 0.3) is 0 Å². The minimum Gasteiger partial charge on any atom is -0.486 e. The van der Waals surface area contributed by atoms with E-state index in [1.807, 2.05) is 24.3 Å². The summed E-state index contributed by atoms with van der Waals surface area (Å²) in [6.45, 7) is 1.41. The molecule has 1 fully saturated rings. The van der Waals surface area contributed by atoms with Gasteiger partial charge in [-0.25, -0.2) is 0 Å². The van der Waals surface area contributed by atoms with Crippen molar-refractivity contribution >= 4 is 15.9 Å². The minimum absolute atomic E-state index is 0.485. The Morgan fingerprint density at radius 1 is 1.25 bits per heavy atom. The summed E-state index contributed by atoms with van der Waals surface area (Å²) in [4.78, 5) is 4.25. The van der Waals surface area contributed by atoms with Gasteiger partial charge in [0.1, 0.15) is 12.4 Å². The van der Waals surface area contributed by atoms with Crippen LogP contribution in [-0.4, -0.2) is 11.0 Å². The van der Waals surface area contributed by atoms with Crippen LogP contribution in [0.3, 0.4) is 0 Å². The van der Waals surface area contributed by atoms with E-state index in [9.17, 15) is 0 Å². The quantitative estimate of drug-likeness (QED) is 0.876. The average Bonchev–Trinajstić information content (AvgIpc) is 3.29. The van der Waals surface area contributed by atoms with Crippen molar-refractivity contribution in [3.63, 3.8) is 0 Å². The van der Waals surface area contributed by atoms with E-state index in [2.05, 4.69) is 38.4 Å². The molecule has 0 bridgehead atoms. The zero-order valence-electron chi connectivity index (χ0n) is 11.2. The van der Waals surface area contributed by atoms with Crippen LogP contribution in [0.4, 0.5) is 0 Å². The molecule has 4 heteroatoms. The van der Waals surface area contributed by atoms with E-state index >= 15 is 0 Å². The van der Waals surface area contributed by atoms with Gasteiger partial charge in [0.15, 0.2) is 0 Å². The first kappa shape index (κ1) is 13.6. The van der Waals surface area contributed by atoms with E-state index in [1.165, 1.54) is 18.4 Å². The van der Waals surface area contributed by atoms with Crippen LogP contribution in [0.1, 0.15) is 24.1 Å². The van der Waals surface area contributed by atoms with E-state index in [-0.39, 0.29) is 0 Å². The standard InChI is InChI=1S/C16H17BrN2O/c17-15-9-12(10-19-13-5-6-13)4-7-16(15)20-11-14-3-1-2-8-18-14/h1-4,7-9,13,19H,5-6,10-11H2. The van der Waals surface area contributed by atoms with Gasteiger partial charge in [-0.05, 0) is 58.6 Å². The molecule has 1 aromatic heterocycles. The number of hydrogen-bond donors (Lipinski definition) is 1. The predicted molar refractivity (Wildman–Crippen MR) is 82.6 cm³/mol. The maximum atomic E-state index is 5.79. The van der Waals surface area contributed by atoms with E-state index in [0.29, 0.717) is 6.61 Å². The maximum Gasteiger partial charge on any atom is 0.134 e. The first-order chi connectivity index (χ1) is 9.81. The number of aromatic nitrogens is 1. The molecule has 1 N–H and O–H groups in total. The summed E-state index contributed by atoms with van der Waals surface area (Å²) in [7, 11) is 0. The van der Waals surface area contributed by atoms with Crippen molar-refractivity contribution in [2.24, 2.45) is 0 Å². The molecule has 1 aromatic carbocycles. The van der Waals surface area contributed by atoms with Crippen LogP contribution < -0.4 is 10.1 Å². The Morgan fingerprint density at radius 2 is 2.15 bits per heavy atom. The topological polar surface area (TPSA) is 34.1 Å². The molecule has 0 amide bonds. The monoisotopic (exact) mass is 332 g/mol. The molecule has 1 heterocycles. The molecule has 0 saturated heterocycles. The van der Waals surface area contributed by atoms with Crippen molar-refractivity contribution in [2.75, 3.05) is 0 Å². The molecule has 104 valence electrons. The number of rotatable bonds is 6. The summed E-state index contributed by atoms with van der Waals surface area (Å²) in [5.74, 6) is 0.853. The third-order valence-electron chi connectivity index (χ3n) is 3.27. The molecule has 3 nitrogen and oxygen atoms in total. The Hall–Kier alpha value is -1.39. The Bertz CT molecular complexity index is 570. The predicted octanol–water partition coefficient (Wildman–Crippen LogP) is 3.68. The second-order valence-electron chi connectivity index (χ2n) is 5.03. The molecule has 0 spiro atoms. The minimum atomic E-state index is 0.485. The largest absolute Gasteiger partial charge is 0.486 e. The molecule has 20 heavy (non-hydrogen) atoms. The molecule has 1 aliphatic carbocycles. The Morgan fingerprint density at radius 3 is 2.85 bits per heavy atom. The zero-order chi connectivity index (χ0) is 13.8. The van der Waals surface area contributed by atoms with E-state index < -0.39 is 0 Å². The highest BCUT2D eigenvalue weighted by atomic mass is 79.9. The number of hydrogen-bond acceptors (Lipinski definition) is 3. The van der Waals surface area contributed by atoms with Crippen molar-refractivity contribution in [2.45, 2.75) is 32.0 Å². The maximum absolute atomic E-state index is 5.79. The fourth-order valence-corrected chi connectivity index (χ4v) is 2.50. The van der Waals surface area contributed by atoms with Crippen LogP contribution in [0.15, 0.2) is 47.1 Å². The lowest BCUT2D eigenvalue weighted by atomic mass is 10.2. The van der Waals surface area contributed by atoms with Crippen LogP contribution in [0.5, 0.6) is 5.75 Å². The van der Waals surface area contributed by atoms with Gasteiger partial charge >= 0.3 is 0 Å². The third-order valence-corrected chi connectivity index (χ3v) is 3.89. The summed E-state index contributed by atoms with van der Waals surface area (Å²) in [6, 6.07) is 12.8. The highest BCUT2D eigenvalue weighted by Crippen LogP contribution is 2.27. The normalized spacial score (nSPS) is 14.2. The smallest absolute Gasteiger partial charge is 0.134 e. The van der Waals surface area contributed by atoms with Crippen molar-refractivity contribution in [1.82, 2.24) is 10.3 Å². The molecule has 3 rings (SSSR count). The van der Waals surface area contributed by atoms with Gasteiger partial charge in [0.05, 0.1) is 10.2 Å². The van der Waals surface area contributed by atoms with Crippen LogP contribution in [0.2, 0.25) is 0 Å². The van der Waals surface area contributed by atoms with Crippen LogP contribution >= 0.6 is 15.9 Å². The molecular weight excluding hydrogens is 316 g/mol.